The standard InChI is InChI=1S/C12H15N3O4/c1-3-19-12(16)9(2)8-13-14-10-6-4-5-7-11(10)15(17)18/h4-9,14H,3H2,1-2H3. The van der Waals surface area contributed by atoms with Gasteiger partial charge in [0.2, 0.25) is 0 Å². The number of nitro benzene ring substituents is 1. The van der Waals surface area contributed by atoms with Gasteiger partial charge in [0.1, 0.15) is 5.69 Å². The van der Waals surface area contributed by atoms with Crippen LogP contribution in [0.1, 0.15) is 13.8 Å². The molecule has 1 aromatic carbocycles. The molecule has 7 heteroatoms. The summed E-state index contributed by atoms with van der Waals surface area (Å²) in [4.78, 5) is 21.6. The van der Waals surface area contributed by atoms with E-state index in [4.69, 9.17) is 4.74 Å². The van der Waals surface area contributed by atoms with Crippen LogP contribution in [-0.4, -0.2) is 23.7 Å². The summed E-state index contributed by atoms with van der Waals surface area (Å²) in [5, 5.41) is 14.6. The largest absolute Gasteiger partial charge is 0.466 e. The molecule has 0 aliphatic rings. The van der Waals surface area contributed by atoms with Crippen LogP contribution in [-0.2, 0) is 9.53 Å². The zero-order valence-electron chi connectivity index (χ0n) is 10.7. The first kappa shape index (κ1) is 14.6. The topological polar surface area (TPSA) is 93.8 Å². The van der Waals surface area contributed by atoms with Crippen LogP contribution < -0.4 is 5.43 Å². The van der Waals surface area contributed by atoms with Gasteiger partial charge in [-0.05, 0) is 19.9 Å². The van der Waals surface area contributed by atoms with Crippen LogP contribution in [0.3, 0.4) is 0 Å². The van der Waals surface area contributed by atoms with Gasteiger partial charge >= 0.3 is 5.97 Å². The number of anilines is 1. The number of nitrogens with one attached hydrogen (secondary N) is 1. The molecule has 0 aliphatic heterocycles. The van der Waals surface area contributed by atoms with Crippen LogP contribution in [0.2, 0.25) is 0 Å². The van der Waals surface area contributed by atoms with E-state index in [0.29, 0.717) is 6.61 Å². The van der Waals surface area contributed by atoms with Crippen LogP contribution in [0.5, 0.6) is 0 Å². The molecule has 1 unspecified atom stereocenters. The average molecular weight is 265 g/mol. The molecule has 102 valence electrons. The number of hydrazone groups is 1. The SMILES string of the molecule is CCOC(=O)C(C)C=NNc1ccccc1[N+](=O)[O-]. The van der Waals surface area contributed by atoms with Gasteiger partial charge in [-0.1, -0.05) is 12.1 Å². The van der Waals surface area contributed by atoms with E-state index in [1.807, 2.05) is 0 Å². The lowest BCUT2D eigenvalue weighted by Crippen LogP contribution is -2.16. The minimum absolute atomic E-state index is 0.0802. The number of nitrogens with zero attached hydrogens (tertiary/aromatic N) is 2. The highest BCUT2D eigenvalue weighted by Gasteiger charge is 2.13. The first-order valence-corrected chi connectivity index (χ1v) is 5.75. The third kappa shape index (κ3) is 4.38. The molecule has 0 heterocycles. The van der Waals surface area contributed by atoms with E-state index in [-0.39, 0.29) is 11.4 Å². The maximum Gasteiger partial charge on any atom is 0.314 e. The Labute approximate surface area is 110 Å². The normalized spacial score (nSPS) is 12.1. The smallest absolute Gasteiger partial charge is 0.314 e. The Morgan fingerprint density at radius 1 is 1.58 bits per heavy atom. The van der Waals surface area contributed by atoms with Crippen molar-refractivity contribution in [2.24, 2.45) is 11.0 Å². The number of hydrogen-bond donors (Lipinski definition) is 1. The highest BCUT2D eigenvalue weighted by molar-refractivity contribution is 5.89. The van der Waals surface area contributed by atoms with Crippen molar-refractivity contribution in [3.8, 4) is 0 Å². The lowest BCUT2D eigenvalue weighted by molar-refractivity contribution is -0.384. The second-order valence-corrected chi connectivity index (χ2v) is 3.70. The predicted octanol–water partition coefficient (Wildman–Crippen LogP) is 2.19. The number of carbonyl (C=O) groups excluding carboxylic acids is 1. The summed E-state index contributed by atoms with van der Waals surface area (Å²) in [7, 11) is 0. The molecule has 7 nitrogen and oxygen atoms in total. The van der Waals surface area contributed by atoms with Crippen LogP contribution in [0.4, 0.5) is 11.4 Å². The van der Waals surface area contributed by atoms with Gasteiger partial charge in [-0.2, -0.15) is 5.10 Å². The Kier molecular flexibility index (Phi) is 5.46. The Balaban J connectivity index is 2.67. The Hall–Kier alpha value is -2.44. The predicted molar refractivity (Wildman–Crippen MR) is 71.0 cm³/mol. The zero-order valence-corrected chi connectivity index (χ0v) is 10.7. The van der Waals surface area contributed by atoms with Gasteiger partial charge in [0.15, 0.2) is 0 Å². The molecule has 0 aliphatic carbocycles. The highest BCUT2D eigenvalue weighted by atomic mass is 16.6. The van der Waals surface area contributed by atoms with Crippen molar-refractivity contribution in [1.82, 2.24) is 0 Å². The monoisotopic (exact) mass is 265 g/mol. The van der Waals surface area contributed by atoms with Crippen molar-refractivity contribution in [2.45, 2.75) is 13.8 Å². The van der Waals surface area contributed by atoms with Crippen LogP contribution >= 0.6 is 0 Å². The summed E-state index contributed by atoms with van der Waals surface area (Å²) in [5.74, 6) is -0.911. The quantitative estimate of drug-likeness (QED) is 0.368. The molecule has 1 aromatic rings. The van der Waals surface area contributed by atoms with Crippen molar-refractivity contribution in [1.29, 1.82) is 0 Å². The van der Waals surface area contributed by atoms with E-state index in [9.17, 15) is 14.9 Å². The lowest BCUT2D eigenvalue weighted by Gasteiger charge is -2.05. The molecular weight excluding hydrogens is 250 g/mol. The molecule has 0 fully saturated rings. The van der Waals surface area contributed by atoms with E-state index < -0.39 is 16.8 Å². The molecule has 0 bridgehead atoms. The van der Waals surface area contributed by atoms with Crippen molar-refractivity contribution < 1.29 is 14.5 Å². The minimum atomic E-state index is -0.518. The van der Waals surface area contributed by atoms with Crippen LogP contribution in [0.25, 0.3) is 0 Å². The molecule has 1 N–H and O–H groups in total. The Morgan fingerprint density at radius 2 is 2.26 bits per heavy atom. The molecule has 0 radical (unpaired) electrons. The fourth-order valence-corrected chi connectivity index (χ4v) is 1.28. The molecule has 0 saturated carbocycles. The maximum atomic E-state index is 11.3. The second-order valence-electron chi connectivity index (χ2n) is 3.70. The molecule has 0 aromatic heterocycles. The molecular formula is C12H15N3O4. The number of benzene rings is 1. The number of ether oxygens (including phenoxy) is 1. The zero-order chi connectivity index (χ0) is 14.3. The van der Waals surface area contributed by atoms with E-state index >= 15 is 0 Å². The van der Waals surface area contributed by atoms with E-state index in [1.165, 1.54) is 18.3 Å². The van der Waals surface area contributed by atoms with E-state index in [2.05, 4.69) is 10.5 Å². The number of rotatable bonds is 6. The van der Waals surface area contributed by atoms with Crippen LogP contribution in [0.15, 0.2) is 29.4 Å². The summed E-state index contributed by atoms with van der Waals surface area (Å²) in [6.07, 6.45) is 1.34. The lowest BCUT2D eigenvalue weighted by atomic mass is 10.2. The number of hydrogen-bond acceptors (Lipinski definition) is 6. The van der Waals surface area contributed by atoms with Crippen molar-refractivity contribution >= 4 is 23.6 Å². The summed E-state index contributed by atoms with van der Waals surface area (Å²) >= 11 is 0. The van der Waals surface area contributed by atoms with Gasteiger partial charge < -0.3 is 4.74 Å². The third-order valence-electron chi connectivity index (χ3n) is 2.24. The first-order chi connectivity index (χ1) is 9.06. The number of nitro groups is 1. The highest BCUT2D eigenvalue weighted by Crippen LogP contribution is 2.22. The summed E-state index contributed by atoms with van der Waals surface area (Å²) in [6.45, 7) is 3.64. The molecule has 1 atom stereocenters. The van der Waals surface area contributed by atoms with Gasteiger partial charge in [-0.25, -0.2) is 0 Å². The summed E-state index contributed by atoms with van der Waals surface area (Å²) in [6, 6.07) is 6.12. The fraction of sp³-hybridized carbons (Fsp3) is 0.333. The van der Waals surface area contributed by atoms with Crippen molar-refractivity contribution in [2.75, 3.05) is 12.0 Å². The first-order valence-electron chi connectivity index (χ1n) is 5.75. The average Bonchev–Trinajstić information content (AvgIpc) is 2.39. The molecule has 0 spiro atoms. The van der Waals surface area contributed by atoms with Gasteiger partial charge in [-0.15, -0.1) is 0 Å². The van der Waals surface area contributed by atoms with Gasteiger partial charge in [0.25, 0.3) is 5.69 Å². The Bertz CT molecular complexity index is 488. The third-order valence-corrected chi connectivity index (χ3v) is 2.24. The van der Waals surface area contributed by atoms with Gasteiger partial charge in [0, 0.05) is 12.3 Å². The second kappa shape index (κ2) is 7.10. The summed E-state index contributed by atoms with van der Waals surface area (Å²) < 4.78 is 4.80. The van der Waals surface area contributed by atoms with E-state index in [0.717, 1.165) is 0 Å². The molecule has 1 rings (SSSR count). The Morgan fingerprint density at radius 3 is 2.89 bits per heavy atom. The number of esters is 1. The minimum Gasteiger partial charge on any atom is -0.466 e. The van der Waals surface area contributed by atoms with Crippen molar-refractivity contribution in [3.05, 3.63) is 34.4 Å². The molecule has 19 heavy (non-hydrogen) atoms. The number of para-hydroxylation sites is 2. The maximum absolute atomic E-state index is 11.3. The van der Waals surface area contributed by atoms with Crippen LogP contribution in [0, 0.1) is 16.0 Å². The van der Waals surface area contributed by atoms with Crippen molar-refractivity contribution in [3.63, 3.8) is 0 Å². The van der Waals surface area contributed by atoms with E-state index in [1.54, 1.807) is 26.0 Å². The molecule has 0 amide bonds. The number of carbonyl (C=O) groups is 1. The summed E-state index contributed by atoms with van der Waals surface area (Å²) in [5.41, 5.74) is 2.73. The fourth-order valence-electron chi connectivity index (χ4n) is 1.28. The van der Waals surface area contributed by atoms with Gasteiger partial charge in [-0.3, -0.25) is 20.3 Å². The molecule has 0 saturated heterocycles. The van der Waals surface area contributed by atoms with Gasteiger partial charge in [0.05, 0.1) is 17.4 Å².